The van der Waals surface area contributed by atoms with Gasteiger partial charge in [0, 0.05) is 6.42 Å². The van der Waals surface area contributed by atoms with Gasteiger partial charge in [-0.1, -0.05) is 32.6 Å². The largest absolute Gasteiger partial charge is 0.508 e. The highest BCUT2D eigenvalue weighted by Gasteiger charge is 2.23. The van der Waals surface area contributed by atoms with Gasteiger partial charge in [-0.15, -0.1) is 0 Å². The molecule has 0 saturated carbocycles. The molecule has 0 amide bonds. The fourth-order valence-corrected chi connectivity index (χ4v) is 1.70. The van der Waals surface area contributed by atoms with Crippen molar-refractivity contribution < 1.29 is 10.2 Å². The minimum atomic E-state index is -0.708. The van der Waals surface area contributed by atoms with Gasteiger partial charge in [-0.3, -0.25) is 0 Å². The minimum absolute atomic E-state index is 0.267. The molecule has 0 fully saturated rings. The molecule has 0 aromatic carbocycles. The second kappa shape index (κ2) is 5.20. The maximum Gasteiger partial charge on any atom is 0.111 e. The van der Waals surface area contributed by atoms with Gasteiger partial charge < -0.3 is 10.2 Å². The van der Waals surface area contributed by atoms with Gasteiger partial charge in [0.2, 0.25) is 0 Å². The Labute approximate surface area is 86.0 Å². The fraction of sp³-hybridized carbons (Fsp3) is 0.667. The van der Waals surface area contributed by atoms with Crippen molar-refractivity contribution in [3.63, 3.8) is 0 Å². The highest BCUT2D eigenvalue weighted by molar-refractivity contribution is 5.22. The van der Waals surface area contributed by atoms with Crippen LogP contribution in [0, 0.1) is 0 Å². The quantitative estimate of drug-likeness (QED) is 0.663. The molecule has 0 aromatic heterocycles. The third-order valence-electron chi connectivity index (χ3n) is 2.69. The zero-order chi connectivity index (χ0) is 10.4. The molecule has 0 bridgehead atoms. The lowest BCUT2D eigenvalue weighted by atomic mass is 9.89. The summed E-state index contributed by atoms with van der Waals surface area (Å²) >= 11 is 0. The Kier molecular flexibility index (Phi) is 4.21. The first-order chi connectivity index (χ1) is 6.66. The summed E-state index contributed by atoms with van der Waals surface area (Å²) in [6, 6.07) is 0. The molecule has 0 aliphatic heterocycles. The fourth-order valence-electron chi connectivity index (χ4n) is 1.70. The van der Waals surface area contributed by atoms with Crippen LogP contribution in [0.15, 0.2) is 24.0 Å². The molecule has 1 unspecified atom stereocenters. The number of allylic oxidation sites excluding steroid dienone is 1. The van der Waals surface area contributed by atoms with Gasteiger partial charge in [0.1, 0.15) is 5.76 Å². The number of hydrogen-bond donors (Lipinski definition) is 2. The first kappa shape index (κ1) is 11.3. The monoisotopic (exact) mass is 196 g/mol. The number of aliphatic hydroxyl groups excluding tert-OH is 1. The predicted octanol–water partition coefficient (Wildman–Crippen LogP) is 3.09. The van der Waals surface area contributed by atoms with E-state index >= 15 is 0 Å². The van der Waals surface area contributed by atoms with Crippen molar-refractivity contribution in [3.8, 4) is 0 Å². The second-order valence-corrected chi connectivity index (χ2v) is 4.08. The molecule has 2 heteroatoms. The van der Waals surface area contributed by atoms with Crippen molar-refractivity contribution in [3.05, 3.63) is 24.0 Å². The summed E-state index contributed by atoms with van der Waals surface area (Å²) in [7, 11) is 0. The summed E-state index contributed by atoms with van der Waals surface area (Å²) in [5, 5.41) is 19.2. The van der Waals surface area contributed by atoms with Crippen LogP contribution < -0.4 is 0 Å². The maximum atomic E-state index is 10.0. The summed E-state index contributed by atoms with van der Waals surface area (Å²) in [6.45, 7) is 2.18. The second-order valence-electron chi connectivity index (χ2n) is 4.08. The molecule has 80 valence electrons. The molecule has 1 rings (SSSR count). The Balaban J connectivity index is 2.27. The van der Waals surface area contributed by atoms with E-state index in [4.69, 9.17) is 5.11 Å². The van der Waals surface area contributed by atoms with Gasteiger partial charge in [-0.05, 0) is 24.6 Å². The molecule has 14 heavy (non-hydrogen) atoms. The predicted molar refractivity (Wildman–Crippen MR) is 58.2 cm³/mol. The molecule has 2 N–H and O–H groups in total. The van der Waals surface area contributed by atoms with Crippen molar-refractivity contribution in [2.75, 3.05) is 0 Å². The Bertz CT molecular complexity index is 230. The standard InChI is InChI=1S/C12H20O2/c1-2-3-4-5-8-12(14)9-6-11(13)7-10-12/h6-7,9,13-14H,2-5,8,10H2,1H3. The van der Waals surface area contributed by atoms with E-state index in [0.29, 0.717) is 6.42 Å². The van der Waals surface area contributed by atoms with E-state index in [0.717, 1.165) is 12.8 Å². The van der Waals surface area contributed by atoms with Crippen LogP contribution in [-0.2, 0) is 0 Å². The van der Waals surface area contributed by atoms with Crippen LogP contribution in [0.2, 0.25) is 0 Å². The highest BCUT2D eigenvalue weighted by Crippen LogP contribution is 2.25. The highest BCUT2D eigenvalue weighted by atomic mass is 16.3. The van der Waals surface area contributed by atoms with Crippen LogP contribution in [0.1, 0.15) is 45.4 Å². The SMILES string of the molecule is CCCCCCC1(O)C=CC(O)=CC1. The molecule has 0 spiro atoms. The third kappa shape index (κ3) is 3.54. The summed E-state index contributed by atoms with van der Waals surface area (Å²) < 4.78 is 0. The van der Waals surface area contributed by atoms with Crippen molar-refractivity contribution in [1.29, 1.82) is 0 Å². The number of rotatable bonds is 5. The lowest BCUT2D eigenvalue weighted by Crippen LogP contribution is -2.26. The van der Waals surface area contributed by atoms with Crippen LogP contribution in [0.5, 0.6) is 0 Å². The average molecular weight is 196 g/mol. The van der Waals surface area contributed by atoms with Gasteiger partial charge in [0.25, 0.3) is 0 Å². The van der Waals surface area contributed by atoms with Gasteiger partial charge >= 0.3 is 0 Å². The summed E-state index contributed by atoms with van der Waals surface area (Å²) in [5.74, 6) is 0.267. The van der Waals surface area contributed by atoms with E-state index in [2.05, 4.69) is 6.92 Å². The van der Waals surface area contributed by atoms with Crippen LogP contribution in [-0.4, -0.2) is 15.8 Å². The van der Waals surface area contributed by atoms with E-state index in [1.54, 1.807) is 18.2 Å². The normalized spacial score (nSPS) is 26.3. The zero-order valence-electron chi connectivity index (χ0n) is 8.87. The molecule has 0 radical (unpaired) electrons. The van der Waals surface area contributed by atoms with Gasteiger partial charge in [-0.25, -0.2) is 0 Å². The lowest BCUT2D eigenvalue weighted by molar-refractivity contribution is 0.0783. The minimum Gasteiger partial charge on any atom is -0.508 e. The number of unbranched alkanes of at least 4 members (excludes halogenated alkanes) is 3. The zero-order valence-corrected chi connectivity index (χ0v) is 8.87. The molecule has 0 aromatic rings. The molecular weight excluding hydrogens is 176 g/mol. The Morgan fingerprint density at radius 2 is 2.14 bits per heavy atom. The first-order valence-electron chi connectivity index (χ1n) is 5.47. The molecule has 2 nitrogen and oxygen atoms in total. The van der Waals surface area contributed by atoms with E-state index < -0.39 is 5.60 Å². The Hall–Kier alpha value is -0.760. The molecule has 1 aliphatic carbocycles. The molecule has 1 aliphatic rings. The first-order valence-corrected chi connectivity index (χ1v) is 5.47. The van der Waals surface area contributed by atoms with Crippen LogP contribution >= 0.6 is 0 Å². The molecule has 0 heterocycles. The van der Waals surface area contributed by atoms with Gasteiger partial charge in [-0.2, -0.15) is 0 Å². The number of aliphatic hydroxyl groups is 2. The summed E-state index contributed by atoms with van der Waals surface area (Å²) in [4.78, 5) is 0. The van der Waals surface area contributed by atoms with Crippen LogP contribution in [0.3, 0.4) is 0 Å². The third-order valence-corrected chi connectivity index (χ3v) is 2.69. The van der Waals surface area contributed by atoms with E-state index in [1.807, 2.05) is 0 Å². The summed E-state index contributed by atoms with van der Waals surface area (Å²) in [5.41, 5.74) is -0.708. The van der Waals surface area contributed by atoms with Crippen LogP contribution in [0.25, 0.3) is 0 Å². The van der Waals surface area contributed by atoms with E-state index in [9.17, 15) is 5.11 Å². The smallest absolute Gasteiger partial charge is 0.111 e. The van der Waals surface area contributed by atoms with Crippen LogP contribution in [0.4, 0.5) is 0 Å². The Morgan fingerprint density at radius 1 is 1.36 bits per heavy atom. The molecule has 1 atom stereocenters. The average Bonchev–Trinajstić information content (AvgIpc) is 2.18. The van der Waals surface area contributed by atoms with Gasteiger partial charge in [0.05, 0.1) is 5.60 Å². The number of hydrogen-bond acceptors (Lipinski definition) is 2. The van der Waals surface area contributed by atoms with Crippen molar-refractivity contribution in [2.45, 2.75) is 51.0 Å². The molecule has 0 saturated heterocycles. The maximum absolute atomic E-state index is 10.0. The van der Waals surface area contributed by atoms with E-state index in [1.165, 1.54) is 19.3 Å². The topological polar surface area (TPSA) is 40.5 Å². The lowest BCUT2D eigenvalue weighted by Gasteiger charge is -2.25. The van der Waals surface area contributed by atoms with Gasteiger partial charge in [0.15, 0.2) is 0 Å². The Morgan fingerprint density at radius 3 is 2.71 bits per heavy atom. The van der Waals surface area contributed by atoms with E-state index in [-0.39, 0.29) is 5.76 Å². The molecular formula is C12H20O2. The van der Waals surface area contributed by atoms with Crippen molar-refractivity contribution in [1.82, 2.24) is 0 Å². The van der Waals surface area contributed by atoms with Crippen molar-refractivity contribution in [2.24, 2.45) is 0 Å². The summed E-state index contributed by atoms with van der Waals surface area (Å²) in [6.07, 6.45) is 11.0. The van der Waals surface area contributed by atoms with Crippen molar-refractivity contribution >= 4 is 0 Å².